The summed E-state index contributed by atoms with van der Waals surface area (Å²) < 4.78 is 0. The first-order chi connectivity index (χ1) is 11.1. The molecule has 6 heteroatoms. The molecular weight excluding hydrogens is 294 g/mol. The van der Waals surface area contributed by atoms with Crippen LogP contribution < -0.4 is 10.6 Å². The SMILES string of the molecule is CCC[C@H]1NC(=O)N(CC(=O)Nc2ccc3c(c2)CCC3)C1=O. The number of fused-ring (bicyclic) bond motifs is 1. The second-order valence-electron chi connectivity index (χ2n) is 6.10. The Balaban J connectivity index is 1.61. The van der Waals surface area contributed by atoms with Gasteiger partial charge in [-0.1, -0.05) is 19.4 Å². The molecule has 23 heavy (non-hydrogen) atoms. The number of imide groups is 1. The van der Waals surface area contributed by atoms with Crippen LogP contribution in [-0.4, -0.2) is 35.3 Å². The highest BCUT2D eigenvalue weighted by atomic mass is 16.2. The average Bonchev–Trinajstić information content (AvgIpc) is 3.07. The predicted molar refractivity (Wildman–Crippen MR) is 86.0 cm³/mol. The van der Waals surface area contributed by atoms with Gasteiger partial charge in [0.05, 0.1) is 0 Å². The van der Waals surface area contributed by atoms with Crippen molar-refractivity contribution in [3.63, 3.8) is 0 Å². The molecule has 1 aromatic rings. The number of carbonyl (C=O) groups is 3. The van der Waals surface area contributed by atoms with Crippen molar-refractivity contribution in [2.75, 3.05) is 11.9 Å². The van der Waals surface area contributed by atoms with Gasteiger partial charge in [0, 0.05) is 5.69 Å². The lowest BCUT2D eigenvalue weighted by Gasteiger charge is -2.13. The predicted octanol–water partition coefficient (Wildman–Crippen LogP) is 1.83. The summed E-state index contributed by atoms with van der Waals surface area (Å²) in [6.45, 7) is 1.70. The zero-order chi connectivity index (χ0) is 16.4. The Kier molecular flexibility index (Phi) is 4.32. The van der Waals surface area contributed by atoms with Gasteiger partial charge in [-0.05, 0) is 48.9 Å². The van der Waals surface area contributed by atoms with Gasteiger partial charge < -0.3 is 10.6 Å². The van der Waals surface area contributed by atoms with E-state index >= 15 is 0 Å². The molecule has 1 aliphatic carbocycles. The molecule has 1 atom stereocenters. The van der Waals surface area contributed by atoms with Gasteiger partial charge in [-0.15, -0.1) is 0 Å². The zero-order valence-corrected chi connectivity index (χ0v) is 13.2. The van der Waals surface area contributed by atoms with Gasteiger partial charge in [0.2, 0.25) is 5.91 Å². The Labute approximate surface area is 135 Å². The van der Waals surface area contributed by atoms with Crippen molar-refractivity contribution in [3.8, 4) is 0 Å². The van der Waals surface area contributed by atoms with E-state index in [-0.39, 0.29) is 18.4 Å². The van der Waals surface area contributed by atoms with E-state index in [9.17, 15) is 14.4 Å². The molecule has 2 N–H and O–H groups in total. The second kappa shape index (κ2) is 6.40. The van der Waals surface area contributed by atoms with Crippen molar-refractivity contribution in [3.05, 3.63) is 29.3 Å². The van der Waals surface area contributed by atoms with Crippen LogP contribution in [0.4, 0.5) is 10.5 Å². The van der Waals surface area contributed by atoms with E-state index in [0.29, 0.717) is 12.1 Å². The normalized spacial score (nSPS) is 19.7. The highest BCUT2D eigenvalue weighted by Gasteiger charge is 2.38. The first kappa shape index (κ1) is 15.5. The molecule has 0 unspecified atom stereocenters. The highest BCUT2D eigenvalue weighted by molar-refractivity contribution is 6.07. The third-order valence-corrected chi connectivity index (χ3v) is 4.37. The lowest BCUT2D eigenvalue weighted by molar-refractivity contribution is -0.130. The van der Waals surface area contributed by atoms with Gasteiger partial charge in [0.25, 0.3) is 5.91 Å². The summed E-state index contributed by atoms with van der Waals surface area (Å²) in [5, 5.41) is 5.39. The van der Waals surface area contributed by atoms with E-state index in [4.69, 9.17) is 0 Å². The number of rotatable bonds is 5. The standard InChI is InChI=1S/C17H21N3O3/c1-2-4-14-16(22)20(17(23)19-14)10-15(21)18-13-8-7-11-5-3-6-12(11)9-13/h7-9,14H,2-6,10H2,1H3,(H,18,21)(H,19,23)/t14-/m1/s1. The fourth-order valence-corrected chi connectivity index (χ4v) is 3.20. The van der Waals surface area contributed by atoms with Gasteiger partial charge in [-0.25, -0.2) is 4.79 Å². The molecule has 4 amide bonds. The first-order valence-corrected chi connectivity index (χ1v) is 8.12. The molecule has 0 aromatic heterocycles. The smallest absolute Gasteiger partial charge is 0.325 e. The van der Waals surface area contributed by atoms with Crippen molar-refractivity contribution in [1.29, 1.82) is 0 Å². The lowest BCUT2D eigenvalue weighted by atomic mass is 10.1. The topological polar surface area (TPSA) is 78.5 Å². The molecule has 0 saturated carbocycles. The molecule has 2 aliphatic rings. The number of urea groups is 1. The van der Waals surface area contributed by atoms with E-state index in [2.05, 4.69) is 10.6 Å². The molecule has 1 aliphatic heterocycles. The minimum Gasteiger partial charge on any atom is -0.326 e. The summed E-state index contributed by atoms with van der Waals surface area (Å²) in [5.74, 6) is -0.676. The number of aryl methyl sites for hydroxylation is 2. The van der Waals surface area contributed by atoms with Crippen LogP contribution in [0.5, 0.6) is 0 Å². The fourth-order valence-electron chi connectivity index (χ4n) is 3.20. The van der Waals surface area contributed by atoms with E-state index < -0.39 is 12.1 Å². The van der Waals surface area contributed by atoms with Gasteiger partial charge in [-0.3, -0.25) is 14.5 Å². The van der Waals surface area contributed by atoms with Crippen LogP contribution in [0, 0.1) is 0 Å². The lowest BCUT2D eigenvalue weighted by Crippen LogP contribution is -2.38. The summed E-state index contributed by atoms with van der Waals surface area (Å²) in [6.07, 6.45) is 4.66. The van der Waals surface area contributed by atoms with Crippen molar-refractivity contribution in [2.45, 2.75) is 45.1 Å². The number of carbonyl (C=O) groups excluding carboxylic acids is 3. The average molecular weight is 315 g/mol. The third kappa shape index (κ3) is 3.21. The number of hydrogen-bond acceptors (Lipinski definition) is 3. The zero-order valence-electron chi connectivity index (χ0n) is 13.2. The minimum atomic E-state index is -0.500. The molecular formula is C17H21N3O3. The number of nitrogens with zero attached hydrogens (tertiary/aromatic N) is 1. The molecule has 122 valence electrons. The van der Waals surface area contributed by atoms with E-state index in [1.807, 2.05) is 25.1 Å². The summed E-state index contributed by atoms with van der Waals surface area (Å²) in [5.41, 5.74) is 3.31. The van der Waals surface area contributed by atoms with E-state index in [1.54, 1.807) is 0 Å². The number of benzene rings is 1. The Hall–Kier alpha value is -2.37. The molecule has 0 radical (unpaired) electrons. The number of amides is 4. The molecule has 0 spiro atoms. The van der Waals surface area contributed by atoms with Gasteiger partial charge >= 0.3 is 6.03 Å². The maximum atomic E-state index is 12.1. The molecule has 1 saturated heterocycles. The maximum Gasteiger partial charge on any atom is 0.325 e. The Morgan fingerprint density at radius 3 is 2.87 bits per heavy atom. The van der Waals surface area contributed by atoms with E-state index in [1.165, 1.54) is 11.1 Å². The van der Waals surface area contributed by atoms with Crippen LogP contribution in [0.1, 0.15) is 37.3 Å². The second-order valence-corrected chi connectivity index (χ2v) is 6.10. The van der Waals surface area contributed by atoms with E-state index in [0.717, 1.165) is 30.6 Å². The number of anilines is 1. The van der Waals surface area contributed by atoms with Gasteiger partial charge in [0.15, 0.2) is 0 Å². The summed E-state index contributed by atoms with van der Waals surface area (Å²) in [6, 6.07) is 4.89. The Bertz CT molecular complexity index is 656. The van der Waals surface area contributed by atoms with Gasteiger partial charge in [-0.2, -0.15) is 0 Å². The highest BCUT2D eigenvalue weighted by Crippen LogP contribution is 2.24. The minimum absolute atomic E-state index is 0.248. The van der Waals surface area contributed by atoms with Gasteiger partial charge in [0.1, 0.15) is 12.6 Å². The third-order valence-electron chi connectivity index (χ3n) is 4.37. The summed E-state index contributed by atoms with van der Waals surface area (Å²) in [4.78, 5) is 37.1. The molecule has 0 bridgehead atoms. The molecule has 6 nitrogen and oxygen atoms in total. The van der Waals surface area contributed by atoms with Crippen LogP contribution in [0.15, 0.2) is 18.2 Å². The number of hydrogen-bond donors (Lipinski definition) is 2. The quantitative estimate of drug-likeness (QED) is 0.814. The molecule has 3 rings (SSSR count). The van der Waals surface area contributed by atoms with Crippen molar-refractivity contribution in [1.82, 2.24) is 10.2 Å². The largest absolute Gasteiger partial charge is 0.326 e. The van der Waals surface area contributed by atoms with Crippen molar-refractivity contribution >= 4 is 23.5 Å². The van der Waals surface area contributed by atoms with Crippen LogP contribution in [0.25, 0.3) is 0 Å². The number of nitrogens with one attached hydrogen (secondary N) is 2. The van der Waals surface area contributed by atoms with Crippen LogP contribution >= 0.6 is 0 Å². The fraction of sp³-hybridized carbons (Fsp3) is 0.471. The summed E-state index contributed by atoms with van der Waals surface area (Å²) >= 11 is 0. The first-order valence-electron chi connectivity index (χ1n) is 8.12. The van der Waals surface area contributed by atoms with Crippen LogP contribution in [0.3, 0.4) is 0 Å². The Morgan fingerprint density at radius 1 is 1.30 bits per heavy atom. The molecule has 1 aromatic carbocycles. The van der Waals surface area contributed by atoms with Crippen molar-refractivity contribution in [2.24, 2.45) is 0 Å². The Morgan fingerprint density at radius 2 is 2.09 bits per heavy atom. The summed E-state index contributed by atoms with van der Waals surface area (Å²) in [7, 11) is 0. The van der Waals surface area contributed by atoms with Crippen molar-refractivity contribution < 1.29 is 14.4 Å². The molecule has 1 heterocycles. The molecule has 1 fully saturated rings. The maximum absolute atomic E-state index is 12.1. The monoisotopic (exact) mass is 315 g/mol. The van der Waals surface area contributed by atoms with Crippen LogP contribution in [0.2, 0.25) is 0 Å². The van der Waals surface area contributed by atoms with Crippen LogP contribution in [-0.2, 0) is 22.4 Å².